The lowest BCUT2D eigenvalue weighted by Crippen LogP contribution is -2.27. The van der Waals surface area contributed by atoms with Gasteiger partial charge in [0.2, 0.25) is 5.91 Å². The third-order valence-electron chi connectivity index (χ3n) is 5.17. The van der Waals surface area contributed by atoms with Gasteiger partial charge in [0.1, 0.15) is 5.82 Å². The minimum atomic E-state index is -0.207. The van der Waals surface area contributed by atoms with Crippen LogP contribution in [0.1, 0.15) is 23.2 Å². The summed E-state index contributed by atoms with van der Waals surface area (Å²) in [6.45, 7) is 2.35. The molecule has 30 heavy (non-hydrogen) atoms. The van der Waals surface area contributed by atoms with Crippen LogP contribution in [0.3, 0.4) is 0 Å². The zero-order valence-electron chi connectivity index (χ0n) is 16.7. The number of hydrogen-bond acceptors (Lipinski definition) is 4. The fraction of sp³-hybridized carbons (Fsp3) is 0.217. The van der Waals surface area contributed by atoms with E-state index in [0.29, 0.717) is 30.0 Å². The predicted octanol–water partition coefficient (Wildman–Crippen LogP) is 2.91. The SMILES string of the molecule is Cc1nc(-c2ccncc2)[nH]c(=O)c1CCC(=O)NCCc1c[nH]c2ccccc12. The molecule has 0 aliphatic rings. The van der Waals surface area contributed by atoms with E-state index in [9.17, 15) is 9.59 Å². The van der Waals surface area contributed by atoms with Crippen LogP contribution in [0.25, 0.3) is 22.3 Å². The van der Waals surface area contributed by atoms with Gasteiger partial charge in [-0.1, -0.05) is 18.2 Å². The van der Waals surface area contributed by atoms with Crippen molar-refractivity contribution in [2.45, 2.75) is 26.2 Å². The molecule has 3 aromatic heterocycles. The highest BCUT2D eigenvalue weighted by Gasteiger charge is 2.12. The second kappa shape index (κ2) is 8.73. The maximum absolute atomic E-state index is 12.5. The average Bonchev–Trinajstić information content (AvgIpc) is 3.17. The monoisotopic (exact) mass is 401 g/mol. The molecule has 3 heterocycles. The summed E-state index contributed by atoms with van der Waals surface area (Å²) in [6, 6.07) is 11.7. The molecule has 0 unspecified atom stereocenters. The summed E-state index contributed by atoms with van der Waals surface area (Å²) in [6.07, 6.45) is 6.63. The number of carbonyl (C=O) groups is 1. The zero-order chi connectivity index (χ0) is 20.9. The van der Waals surface area contributed by atoms with Crippen molar-refractivity contribution < 1.29 is 4.79 Å². The van der Waals surface area contributed by atoms with E-state index in [2.05, 4.69) is 31.3 Å². The Balaban J connectivity index is 1.33. The van der Waals surface area contributed by atoms with E-state index in [4.69, 9.17) is 0 Å². The molecule has 0 aliphatic carbocycles. The van der Waals surface area contributed by atoms with Gasteiger partial charge in [0, 0.05) is 59.3 Å². The van der Waals surface area contributed by atoms with Gasteiger partial charge in [-0.15, -0.1) is 0 Å². The van der Waals surface area contributed by atoms with Crippen molar-refractivity contribution in [2.24, 2.45) is 0 Å². The minimum Gasteiger partial charge on any atom is -0.361 e. The maximum Gasteiger partial charge on any atom is 0.254 e. The van der Waals surface area contributed by atoms with Crippen LogP contribution in [0.4, 0.5) is 0 Å². The van der Waals surface area contributed by atoms with E-state index < -0.39 is 0 Å². The van der Waals surface area contributed by atoms with Gasteiger partial charge in [0.05, 0.1) is 0 Å². The van der Waals surface area contributed by atoms with Gasteiger partial charge in [0.25, 0.3) is 5.56 Å². The van der Waals surface area contributed by atoms with Crippen molar-refractivity contribution in [3.05, 3.63) is 82.2 Å². The maximum atomic E-state index is 12.5. The van der Waals surface area contributed by atoms with Gasteiger partial charge < -0.3 is 15.3 Å². The first-order chi connectivity index (χ1) is 14.6. The van der Waals surface area contributed by atoms with Crippen LogP contribution in [0.5, 0.6) is 0 Å². The first kappa shape index (κ1) is 19.6. The Kier molecular flexibility index (Phi) is 5.70. The number of hydrogen-bond donors (Lipinski definition) is 3. The fourth-order valence-electron chi connectivity index (χ4n) is 3.55. The third-order valence-corrected chi connectivity index (χ3v) is 5.17. The van der Waals surface area contributed by atoms with Gasteiger partial charge in [-0.2, -0.15) is 0 Å². The molecule has 1 amide bonds. The normalized spacial score (nSPS) is 11.0. The summed E-state index contributed by atoms with van der Waals surface area (Å²) in [5, 5.41) is 4.11. The smallest absolute Gasteiger partial charge is 0.254 e. The number of nitrogens with zero attached hydrogens (tertiary/aromatic N) is 2. The molecule has 3 N–H and O–H groups in total. The topological polar surface area (TPSA) is 104 Å². The Morgan fingerprint density at radius 2 is 1.90 bits per heavy atom. The molecule has 0 saturated carbocycles. The quantitative estimate of drug-likeness (QED) is 0.443. The van der Waals surface area contributed by atoms with Crippen molar-refractivity contribution in [1.82, 2.24) is 25.3 Å². The molecule has 0 spiro atoms. The van der Waals surface area contributed by atoms with Crippen molar-refractivity contribution in [3.63, 3.8) is 0 Å². The van der Waals surface area contributed by atoms with Crippen molar-refractivity contribution in [1.29, 1.82) is 0 Å². The summed E-state index contributed by atoms with van der Waals surface area (Å²) in [5.74, 6) is 0.429. The first-order valence-corrected chi connectivity index (χ1v) is 9.93. The molecular formula is C23H23N5O2. The van der Waals surface area contributed by atoms with E-state index in [1.165, 1.54) is 10.9 Å². The largest absolute Gasteiger partial charge is 0.361 e. The number of rotatable bonds is 7. The molecule has 7 nitrogen and oxygen atoms in total. The molecule has 0 fully saturated rings. The van der Waals surface area contributed by atoms with Gasteiger partial charge in [0.15, 0.2) is 0 Å². The molecular weight excluding hydrogens is 378 g/mol. The fourth-order valence-corrected chi connectivity index (χ4v) is 3.55. The number of pyridine rings is 1. The number of fused-ring (bicyclic) bond motifs is 1. The summed E-state index contributed by atoms with van der Waals surface area (Å²) >= 11 is 0. The van der Waals surface area contributed by atoms with Crippen LogP contribution in [-0.4, -0.2) is 32.4 Å². The Bertz CT molecular complexity index is 1230. The third kappa shape index (κ3) is 4.30. The predicted molar refractivity (Wildman–Crippen MR) is 116 cm³/mol. The number of aromatic nitrogens is 4. The Labute approximate surface area is 173 Å². The zero-order valence-corrected chi connectivity index (χ0v) is 16.7. The molecule has 4 rings (SSSR count). The summed E-state index contributed by atoms with van der Waals surface area (Å²) in [5.41, 5.74) is 4.04. The Morgan fingerprint density at radius 3 is 2.70 bits per heavy atom. The van der Waals surface area contributed by atoms with Crippen molar-refractivity contribution in [3.8, 4) is 11.4 Å². The number of benzene rings is 1. The van der Waals surface area contributed by atoms with Gasteiger partial charge in [-0.25, -0.2) is 4.98 Å². The molecule has 0 bridgehead atoms. The second-order valence-electron chi connectivity index (χ2n) is 7.17. The van der Waals surface area contributed by atoms with E-state index in [1.54, 1.807) is 31.5 Å². The Hall–Kier alpha value is -3.74. The van der Waals surface area contributed by atoms with Gasteiger partial charge in [-0.05, 0) is 43.5 Å². The van der Waals surface area contributed by atoms with Crippen LogP contribution >= 0.6 is 0 Å². The van der Waals surface area contributed by atoms with Gasteiger partial charge in [-0.3, -0.25) is 14.6 Å². The lowest BCUT2D eigenvalue weighted by atomic mass is 10.1. The number of carbonyl (C=O) groups excluding carboxylic acids is 1. The number of aryl methyl sites for hydroxylation is 1. The molecule has 4 aromatic rings. The van der Waals surface area contributed by atoms with Gasteiger partial charge >= 0.3 is 0 Å². The van der Waals surface area contributed by atoms with E-state index >= 15 is 0 Å². The lowest BCUT2D eigenvalue weighted by Gasteiger charge is -2.08. The molecule has 7 heteroatoms. The standard InChI is InChI=1S/C23H23N5O2/c1-15-18(23(30)28-22(27-15)16-8-11-24-12-9-16)6-7-21(29)25-13-10-17-14-26-20-5-3-2-4-19(17)20/h2-5,8-9,11-12,14,26H,6-7,10,13H2,1H3,(H,25,29)(H,27,28,30). The van der Waals surface area contributed by atoms with Crippen molar-refractivity contribution >= 4 is 16.8 Å². The number of para-hydroxylation sites is 1. The van der Waals surface area contributed by atoms with Crippen LogP contribution in [0, 0.1) is 6.92 Å². The van der Waals surface area contributed by atoms with Crippen molar-refractivity contribution in [2.75, 3.05) is 6.54 Å². The lowest BCUT2D eigenvalue weighted by molar-refractivity contribution is -0.121. The van der Waals surface area contributed by atoms with E-state index in [-0.39, 0.29) is 17.9 Å². The highest BCUT2D eigenvalue weighted by atomic mass is 16.1. The molecule has 0 atom stereocenters. The number of H-pyrrole nitrogens is 2. The number of amides is 1. The molecule has 152 valence electrons. The number of nitrogens with one attached hydrogen (secondary N) is 3. The number of aromatic amines is 2. The van der Waals surface area contributed by atoms with Crippen LogP contribution in [0.15, 0.2) is 59.8 Å². The average molecular weight is 401 g/mol. The molecule has 1 aromatic carbocycles. The highest BCUT2D eigenvalue weighted by Crippen LogP contribution is 2.17. The Morgan fingerprint density at radius 1 is 1.10 bits per heavy atom. The summed E-state index contributed by atoms with van der Waals surface area (Å²) in [4.78, 5) is 39.3. The molecule has 0 saturated heterocycles. The highest BCUT2D eigenvalue weighted by molar-refractivity contribution is 5.83. The summed E-state index contributed by atoms with van der Waals surface area (Å²) in [7, 11) is 0. The first-order valence-electron chi connectivity index (χ1n) is 9.93. The minimum absolute atomic E-state index is 0.0770. The van der Waals surface area contributed by atoms with Crippen LogP contribution < -0.4 is 10.9 Å². The molecule has 0 aliphatic heterocycles. The van der Waals surface area contributed by atoms with E-state index in [0.717, 1.165) is 17.5 Å². The van der Waals surface area contributed by atoms with Crippen LogP contribution in [-0.2, 0) is 17.6 Å². The second-order valence-corrected chi connectivity index (χ2v) is 7.17. The molecule has 0 radical (unpaired) electrons. The van der Waals surface area contributed by atoms with E-state index in [1.807, 2.05) is 24.4 Å². The van der Waals surface area contributed by atoms with Crippen LogP contribution in [0.2, 0.25) is 0 Å². The summed E-state index contributed by atoms with van der Waals surface area (Å²) < 4.78 is 0.